The normalized spacial score (nSPS) is 12.5. The Bertz CT molecular complexity index is 1630. The monoisotopic (exact) mass is 620 g/mol. The van der Waals surface area contributed by atoms with Crippen molar-refractivity contribution in [3.8, 4) is 5.75 Å². The summed E-state index contributed by atoms with van der Waals surface area (Å²) in [5.74, 6) is 0.852. The van der Waals surface area contributed by atoms with E-state index in [0.717, 1.165) is 16.9 Å². The maximum atomic E-state index is 6.28. The predicted octanol–water partition coefficient (Wildman–Crippen LogP) is 12.2. The van der Waals surface area contributed by atoms with Crippen molar-refractivity contribution in [2.45, 2.75) is 90.6 Å². The molecule has 0 amide bonds. The summed E-state index contributed by atoms with van der Waals surface area (Å²) in [6.45, 7) is 24.9. The SMILES string of the molecule is C=Cc1ccc(COc2ccc(C(c3ccc(C(C)(C)C)cc3)(c3ccc(C(C)(C)C)cc3)c3ccc(C(C)(C)C)cc3)cc2)cc1. The van der Waals surface area contributed by atoms with Gasteiger partial charge in [-0.25, -0.2) is 0 Å². The summed E-state index contributed by atoms with van der Waals surface area (Å²) in [7, 11) is 0. The molecule has 0 N–H and O–H groups in total. The van der Waals surface area contributed by atoms with Gasteiger partial charge in [0.1, 0.15) is 12.4 Å². The standard InChI is InChI=1S/C46H52O/c1-11-33-12-14-34(15-13-33)32-47-42-30-28-41(29-31-42)46(38-22-16-35(17-23-38)43(2,3)4,39-24-18-36(19-25-39)44(5,6)7)40-26-20-37(21-27-40)45(8,9)10/h11-31H,1,32H2,2-10H3. The molecule has 5 aromatic carbocycles. The van der Waals surface area contributed by atoms with Crippen LogP contribution in [0.4, 0.5) is 0 Å². The minimum absolute atomic E-state index is 0.0644. The lowest BCUT2D eigenvalue weighted by molar-refractivity contribution is 0.306. The van der Waals surface area contributed by atoms with E-state index in [-0.39, 0.29) is 16.2 Å². The maximum Gasteiger partial charge on any atom is 0.119 e. The molecule has 0 atom stereocenters. The summed E-state index contributed by atoms with van der Waals surface area (Å²) >= 11 is 0. The van der Waals surface area contributed by atoms with Crippen LogP contribution >= 0.6 is 0 Å². The van der Waals surface area contributed by atoms with Crippen LogP contribution in [0, 0.1) is 0 Å². The van der Waals surface area contributed by atoms with E-state index in [4.69, 9.17) is 4.74 Å². The maximum absolute atomic E-state index is 6.28. The zero-order valence-electron chi connectivity index (χ0n) is 29.9. The van der Waals surface area contributed by atoms with Gasteiger partial charge in [0.05, 0.1) is 5.41 Å². The second-order valence-electron chi connectivity index (χ2n) is 16.0. The zero-order valence-corrected chi connectivity index (χ0v) is 29.9. The summed E-state index contributed by atoms with van der Waals surface area (Å²) in [5, 5.41) is 0. The lowest BCUT2D eigenvalue weighted by atomic mass is 9.64. The Morgan fingerprint density at radius 3 is 1.02 bits per heavy atom. The number of ether oxygens (including phenoxy) is 1. The number of benzene rings is 5. The fraction of sp³-hybridized carbons (Fsp3) is 0.304. The highest BCUT2D eigenvalue weighted by atomic mass is 16.5. The van der Waals surface area contributed by atoms with Gasteiger partial charge in [0.25, 0.3) is 0 Å². The molecule has 0 aromatic heterocycles. The first-order valence-corrected chi connectivity index (χ1v) is 16.9. The van der Waals surface area contributed by atoms with E-state index >= 15 is 0 Å². The Labute approximate surface area is 284 Å². The van der Waals surface area contributed by atoms with Crippen LogP contribution < -0.4 is 4.74 Å². The van der Waals surface area contributed by atoms with E-state index in [9.17, 15) is 0 Å². The molecule has 0 saturated carbocycles. The lowest BCUT2D eigenvalue weighted by Gasteiger charge is -2.38. The second-order valence-corrected chi connectivity index (χ2v) is 16.0. The quantitative estimate of drug-likeness (QED) is 0.157. The Morgan fingerprint density at radius 2 is 0.723 bits per heavy atom. The van der Waals surface area contributed by atoms with E-state index in [1.165, 1.54) is 38.9 Å². The third-order valence-electron chi connectivity index (χ3n) is 9.46. The molecule has 242 valence electrons. The van der Waals surface area contributed by atoms with E-state index < -0.39 is 5.41 Å². The molecule has 0 aliphatic rings. The van der Waals surface area contributed by atoms with E-state index in [2.05, 4.69) is 190 Å². The Morgan fingerprint density at radius 1 is 0.426 bits per heavy atom. The molecular weight excluding hydrogens is 569 g/mol. The number of hydrogen-bond acceptors (Lipinski definition) is 1. The van der Waals surface area contributed by atoms with Crippen molar-refractivity contribution in [2.24, 2.45) is 0 Å². The molecule has 0 radical (unpaired) electrons. The number of rotatable bonds is 8. The summed E-state index contributed by atoms with van der Waals surface area (Å²) in [4.78, 5) is 0. The summed E-state index contributed by atoms with van der Waals surface area (Å²) in [6, 6.07) is 45.0. The van der Waals surface area contributed by atoms with E-state index in [1.54, 1.807) is 0 Å². The van der Waals surface area contributed by atoms with Crippen LogP contribution in [0.25, 0.3) is 6.08 Å². The van der Waals surface area contributed by atoms with Crippen LogP contribution in [-0.4, -0.2) is 0 Å². The van der Waals surface area contributed by atoms with Crippen molar-refractivity contribution in [2.75, 3.05) is 0 Å². The van der Waals surface area contributed by atoms with Gasteiger partial charge < -0.3 is 4.74 Å². The molecule has 47 heavy (non-hydrogen) atoms. The van der Waals surface area contributed by atoms with Gasteiger partial charge in [-0.15, -0.1) is 0 Å². The number of hydrogen-bond donors (Lipinski definition) is 0. The Balaban J connectivity index is 1.68. The Hall–Kier alpha value is -4.36. The highest BCUT2D eigenvalue weighted by Gasteiger charge is 2.39. The zero-order chi connectivity index (χ0) is 34.0. The molecular formula is C46H52O. The van der Waals surface area contributed by atoms with Crippen LogP contribution in [0.2, 0.25) is 0 Å². The van der Waals surface area contributed by atoms with Crippen molar-refractivity contribution in [1.29, 1.82) is 0 Å². The topological polar surface area (TPSA) is 9.23 Å². The van der Waals surface area contributed by atoms with Gasteiger partial charge >= 0.3 is 0 Å². The molecule has 0 aliphatic heterocycles. The molecule has 1 heteroatoms. The van der Waals surface area contributed by atoms with Crippen molar-refractivity contribution >= 4 is 6.08 Å². The minimum atomic E-state index is -0.539. The van der Waals surface area contributed by atoms with Gasteiger partial charge in [0.15, 0.2) is 0 Å². The molecule has 0 aliphatic carbocycles. The average Bonchev–Trinajstić information content (AvgIpc) is 3.04. The first kappa shape index (κ1) is 34.0. The first-order chi connectivity index (χ1) is 22.1. The van der Waals surface area contributed by atoms with Gasteiger partial charge in [-0.3, -0.25) is 0 Å². The smallest absolute Gasteiger partial charge is 0.119 e. The third-order valence-corrected chi connectivity index (χ3v) is 9.46. The average molecular weight is 621 g/mol. The van der Waals surface area contributed by atoms with Crippen LogP contribution in [0.5, 0.6) is 5.75 Å². The molecule has 5 aromatic rings. The van der Waals surface area contributed by atoms with Gasteiger partial charge in [-0.1, -0.05) is 184 Å². The second kappa shape index (κ2) is 13.0. The van der Waals surface area contributed by atoms with Gasteiger partial charge in [0, 0.05) is 0 Å². The molecule has 0 spiro atoms. The molecule has 0 heterocycles. The summed E-state index contributed by atoms with van der Waals surface area (Å²) in [5.41, 5.74) is 10.8. The molecule has 1 nitrogen and oxygen atoms in total. The third kappa shape index (κ3) is 7.31. The minimum Gasteiger partial charge on any atom is -0.489 e. The lowest BCUT2D eigenvalue weighted by Crippen LogP contribution is -2.31. The van der Waals surface area contributed by atoms with Crippen molar-refractivity contribution in [3.05, 3.63) is 178 Å². The fourth-order valence-corrected chi connectivity index (χ4v) is 6.38. The van der Waals surface area contributed by atoms with Gasteiger partial charge in [0.2, 0.25) is 0 Å². The van der Waals surface area contributed by atoms with Crippen molar-refractivity contribution < 1.29 is 4.74 Å². The summed E-state index contributed by atoms with van der Waals surface area (Å²) in [6.07, 6.45) is 1.86. The molecule has 0 fully saturated rings. The Kier molecular flexibility index (Phi) is 9.43. The fourth-order valence-electron chi connectivity index (χ4n) is 6.38. The highest BCUT2D eigenvalue weighted by Crippen LogP contribution is 2.47. The molecule has 5 rings (SSSR count). The van der Waals surface area contributed by atoms with Crippen LogP contribution in [0.1, 0.15) is 112 Å². The van der Waals surface area contributed by atoms with Gasteiger partial charge in [-0.05, 0) is 78.4 Å². The van der Waals surface area contributed by atoms with E-state index in [1.807, 2.05) is 6.08 Å². The molecule has 0 bridgehead atoms. The highest BCUT2D eigenvalue weighted by molar-refractivity contribution is 5.61. The van der Waals surface area contributed by atoms with Crippen LogP contribution in [0.15, 0.2) is 128 Å². The van der Waals surface area contributed by atoms with Crippen molar-refractivity contribution in [1.82, 2.24) is 0 Å². The summed E-state index contributed by atoms with van der Waals surface area (Å²) < 4.78 is 6.28. The molecule has 0 saturated heterocycles. The van der Waals surface area contributed by atoms with Crippen LogP contribution in [-0.2, 0) is 28.3 Å². The first-order valence-electron chi connectivity index (χ1n) is 16.9. The van der Waals surface area contributed by atoms with E-state index in [0.29, 0.717) is 6.61 Å². The molecule has 0 unspecified atom stereocenters. The predicted molar refractivity (Wildman–Crippen MR) is 202 cm³/mol. The van der Waals surface area contributed by atoms with Crippen LogP contribution in [0.3, 0.4) is 0 Å². The largest absolute Gasteiger partial charge is 0.489 e. The van der Waals surface area contributed by atoms with Gasteiger partial charge in [-0.2, -0.15) is 0 Å². The van der Waals surface area contributed by atoms with Crippen molar-refractivity contribution in [3.63, 3.8) is 0 Å².